The van der Waals surface area contributed by atoms with E-state index in [1.165, 1.54) is 0 Å². The molecule has 0 aliphatic rings. The number of rotatable bonds is 5. The smallest absolute Gasteiger partial charge is 0.203 e. The number of hydrogen-bond acceptors (Lipinski definition) is 5. The van der Waals surface area contributed by atoms with Crippen LogP contribution in [0.25, 0.3) is 23.1 Å². The second kappa shape index (κ2) is 10.3. The van der Waals surface area contributed by atoms with Crippen molar-refractivity contribution in [3.8, 4) is 23.0 Å². The Kier molecular flexibility index (Phi) is 9.10. The first kappa shape index (κ1) is 23.0. The third kappa shape index (κ3) is 4.80. The molecule has 1 aromatic heterocycles. The van der Waals surface area contributed by atoms with Crippen molar-refractivity contribution in [2.75, 3.05) is 21.3 Å². The second-order valence-electron chi connectivity index (χ2n) is 5.16. The molecule has 0 fully saturated rings. The summed E-state index contributed by atoms with van der Waals surface area (Å²) in [6.07, 6.45) is 5.33. The van der Waals surface area contributed by atoms with Crippen LogP contribution in [-0.2, 0) is 0 Å². The Hall–Kier alpha value is -1.08. The number of methoxy groups -OCH3 is 3. The van der Waals surface area contributed by atoms with Crippen LogP contribution < -0.4 is 14.2 Å². The van der Waals surface area contributed by atoms with Gasteiger partial charge in [0, 0.05) is 59.1 Å². The van der Waals surface area contributed by atoms with Crippen LogP contribution >= 0.6 is 0 Å². The molecule has 126 valence electrons. The molecule has 0 aliphatic carbocycles. The quantitative estimate of drug-likeness (QED) is 0.548. The van der Waals surface area contributed by atoms with Gasteiger partial charge in [-0.15, -0.1) is 0 Å². The van der Waals surface area contributed by atoms with Crippen molar-refractivity contribution in [3.05, 3.63) is 47.7 Å². The van der Waals surface area contributed by atoms with Gasteiger partial charge >= 0.3 is 0 Å². The van der Waals surface area contributed by atoms with Crippen LogP contribution in [-0.4, -0.2) is 85.6 Å². The van der Waals surface area contributed by atoms with Crippen LogP contribution in [0.4, 0.5) is 0 Å². The summed E-state index contributed by atoms with van der Waals surface area (Å²) in [5, 5.41) is 10.7. The Morgan fingerprint density at radius 3 is 1.96 bits per heavy atom. The van der Waals surface area contributed by atoms with Crippen LogP contribution in [0, 0.1) is 0 Å². The summed E-state index contributed by atoms with van der Waals surface area (Å²) in [4.78, 5) is 0. The fourth-order valence-electron chi connectivity index (χ4n) is 2.56. The summed E-state index contributed by atoms with van der Waals surface area (Å²) in [5.41, 5.74) is 2.34. The molecule has 2 radical (unpaired) electrons. The van der Waals surface area contributed by atoms with Gasteiger partial charge < -0.3 is 23.7 Å². The van der Waals surface area contributed by atoms with E-state index in [4.69, 9.17) is 18.6 Å². The number of fused-ring (bicyclic) bond motifs is 1. The van der Waals surface area contributed by atoms with E-state index in [2.05, 4.69) is 0 Å². The van der Waals surface area contributed by atoms with Gasteiger partial charge in [-0.2, -0.15) is 0 Å². The summed E-state index contributed by atoms with van der Waals surface area (Å²) in [5.74, 6) is 1.90. The molecule has 0 atom stereocenters. The number of hydrogen-bond donors (Lipinski definition) is 1. The average Bonchev–Trinajstić information content (AvgIpc) is 3.08. The monoisotopic (exact) mass is 372 g/mol. The second-order valence-corrected chi connectivity index (χ2v) is 5.16. The Morgan fingerprint density at radius 1 is 0.846 bits per heavy atom. The molecule has 0 spiro atoms. The predicted octanol–water partition coefficient (Wildman–Crippen LogP) is 3.57. The molecule has 1 N–H and O–H groups in total. The molecule has 26 heavy (non-hydrogen) atoms. The van der Waals surface area contributed by atoms with Crippen molar-refractivity contribution in [1.29, 1.82) is 0 Å². The maximum atomic E-state index is 10.0. The van der Waals surface area contributed by atoms with Crippen molar-refractivity contribution in [2.45, 2.75) is 0 Å². The number of phenols is 1. The topological polar surface area (TPSA) is 61.1 Å². The molecule has 2 aromatic carbocycles. The molecule has 0 bridgehead atoms. The Labute approximate surface area is 196 Å². The number of aromatic hydroxyl groups is 1. The fourth-order valence-corrected chi connectivity index (χ4v) is 2.56. The molecule has 1 heterocycles. The van der Waals surface area contributed by atoms with Gasteiger partial charge in [-0.3, -0.25) is 0 Å². The normalized spacial score (nSPS) is 10.3. The summed E-state index contributed by atoms with van der Waals surface area (Å²) in [6, 6.07) is 8.99. The number of furan rings is 1. The van der Waals surface area contributed by atoms with Gasteiger partial charge in [0.05, 0.1) is 33.0 Å². The first-order chi connectivity index (χ1) is 11.7. The molecule has 3 aromatic rings. The first-order valence-electron chi connectivity index (χ1n) is 7.34. The standard InChI is InChI=1S/C19H18O5.2Na/c1-21-17-10-13(11-18(22-2)19(17)23-3)5-4-12-8-15(20)14-6-7-24-16(14)9-12;;/h4-11,20H,1-3H3;;/b5-4-;;. The average molecular weight is 372 g/mol. The molecule has 0 amide bonds. The van der Waals surface area contributed by atoms with E-state index in [1.54, 1.807) is 39.7 Å². The minimum absolute atomic E-state index is 0. The van der Waals surface area contributed by atoms with E-state index < -0.39 is 0 Å². The minimum Gasteiger partial charge on any atom is -0.507 e. The van der Waals surface area contributed by atoms with Gasteiger partial charge in [-0.25, -0.2) is 0 Å². The maximum absolute atomic E-state index is 10.0. The van der Waals surface area contributed by atoms with Crippen LogP contribution in [0.15, 0.2) is 41.0 Å². The third-order valence-corrected chi connectivity index (χ3v) is 3.73. The van der Waals surface area contributed by atoms with Gasteiger partial charge in [-0.1, -0.05) is 12.2 Å². The molecule has 0 unspecified atom stereocenters. The van der Waals surface area contributed by atoms with E-state index in [0.717, 1.165) is 11.1 Å². The van der Waals surface area contributed by atoms with Crippen molar-refractivity contribution < 1.29 is 23.7 Å². The van der Waals surface area contributed by atoms with E-state index in [0.29, 0.717) is 28.2 Å². The fraction of sp³-hybridized carbons (Fsp3) is 0.158. The van der Waals surface area contributed by atoms with Crippen LogP contribution in [0.5, 0.6) is 23.0 Å². The molecule has 0 saturated carbocycles. The Bertz CT molecular complexity index is 877. The molecule has 7 heteroatoms. The molecular weight excluding hydrogens is 354 g/mol. The zero-order valence-corrected chi connectivity index (χ0v) is 19.7. The van der Waals surface area contributed by atoms with Crippen molar-refractivity contribution in [3.63, 3.8) is 0 Å². The van der Waals surface area contributed by atoms with Crippen LogP contribution in [0.2, 0.25) is 0 Å². The summed E-state index contributed by atoms with van der Waals surface area (Å²) in [6.45, 7) is 0. The number of benzene rings is 2. The summed E-state index contributed by atoms with van der Waals surface area (Å²) < 4.78 is 21.3. The molecule has 0 aliphatic heterocycles. The summed E-state index contributed by atoms with van der Waals surface area (Å²) >= 11 is 0. The predicted molar refractivity (Wildman–Crippen MR) is 104 cm³/mol. The van der Waals surface area contributed by atoms with Crippen molar-refractivity contribution in [1.82, 2.24) is 0 Å². The maximum Gasteiger partial charge on any atom is 0.203 e. The Morgan fingerprint density at radius 2 is 1.42 bits per heavy atom. The van der Waals surface area contributed by atoms with E-state index in [-0.39, 0.29) is 64.9 Å². The minimum atomic E-state index is 0. The van der Waals surface area contributed by atoms with Gasteiger partial charge in [0.15, 0.2) is 11.5 Å². The largest absolute Gasteiger partial charge is 0.507 e. The zero-order valence-electron chi connectivity index (χ0n) is 15.7. The first-order valence-corrected chi connectivity index (χ1v) is 7.34. The van der Waals surface area contributed by atoms with Crippen molar-refractivity contribution in [2.24, 2.45) is 0 Å². The molecule has 0 saturated heterocycles. The zero-order chi connectivity index (χ0) is 17.1. The molecular formula is C19H18Na2O5. The van der Waals surface area contributed by atoms with Gasteiger partial charge in [-0.05, 0) is 41.5 Å². The summed E-state index contributed by atoms with van der Waals surface area (Å²) in [7, 11) is 4.72. The van der Waals surface area contributed by atoms with Gasteiger partial charge in [0.25, 0.3) is 0 Å². The third-order valence-electron chi connectivity index (χ3n) is 3.73. The molecule has 3 rings (SSSR count). The Balaban J connectivity index is 0.00000169. The van der Waals surface area contributed by atoms with Crippen LogP contribution in [0.1, 0.15) is 11.1 Å². The SMILES string of the molecule is COc1cc(/C=C\c2cc(O)c3ccoc3c2)cc(OC)c1OC.[Na].[Na]. The van der Waals surface area contributed by atoms with E-state index in [1.807, 2.05) is 30.4 Å². The van der Waals surface area contributed by atoms with E-state index >= 15 is 0 Å². The molecule has 5 nitrogen and oxygen atoms in total. The number of phenolic OH excluding ortho intramolecular Hbond substituents is 1. The number of ether oxygens (including phenoxy) is 3. The van der Waals surface area contributed by atoms with Crippen molar-refractivity contribution >= 4 is 82.2 Å². The van der Waals surface area contributed by atoms with Crippen LogP contribution in [0.3, 0.4) is 0 Å². The van der Waals surface area contributed by atoms with Gasteiger partial charge in [0.2, 0.25) is 5.75 Å². The van der Waals surface area contributed by atoms with Gasteiger partial charge in [0.1, 0.15) is 11.3 Å². The van der Waals surface area contributed by atoms with E-state index in [9.17, 15) is 5.11 Å².